The van der Waals surface area contributed by atoms with E-state index in [0.717, 1.165) is 31.2 Å². The summed E-state index contributed by atoms with van der Waals surface area (Å²) in [7, 11) is 0. The zero-order valence-corrected chi connectivity index (χ0v) is 13.2. The molecule has 0 bridgehead atoms. The van der Waals surface area contributed by atoms with Crippen LogP contribution in [0.1, 0.15) is 43.5 Å². The van der Waals surface area contributed by atoms with Crippen molar-refractivity contribution in [1.82, 2.24) is 10.3 Å². The molecule has 1 aromatic carbocycles. The Morgan fingerprint density at radius 1 is 1.41 bits per heavy atom. The summed E-state index contributed by atoms with van der Waals surface area (Å²) in [6.45, 7) is 5.90. The topological polar surface area (TPSA) is 44.9 Å². The van der Waals surface area contributed by atoms with Crippen molar-refractivity contribution in [2.75, 3.05) is 13.1 Å². The second kappa shape index (κ2) is 5.84. The van der Waals surface area contributed by atoms with E-state index >= 15 is 0 Å². The zero-order valence-electron chi connectivity index (χ0n) is 13.2. The van der Waals surface area contributed by atoms with E-state index in [4.69, 9.17) is 0 Å². The Labute approximate surface area is 130 Å². The molecule has 1 saturated heterocycles. The van der Waals surface area contributed by atoms with Crippen molar-refractivity contribution in [3.8, 4) is 0 Å². The van der Waals surface area contributed by atoms with Crippen molar-refractivity contribution in [3.63, 3.8) is 0 Å². The van der Waals surface area contributed by atoms with Gasteiger partial charge in [-0.3, -0.25) is 4.79 Å². The molecule has 2 aromatic rings. The van der Waals surface area contributed by atoms with Gasteiger partial charge in [-0.2, -0.15) is 0 Å². The number of fused-ring (bicyclic) bond motifs is 1. The van der Waals surface area contributed by atoms with Gasteiger partial charge in [0.1, 0.15) is 5.82 Å². The van der Waals surface area contributed by atoms with Crippen LogP contribution in [0.3, 0.4) is 0 Å². The molecular weight excluding hydrogens is 279 g/mol. The van der Waals surface area contributed by atoms with Gasteiger partial charge in [0, 0.05) is 29.1 Å². The van der Waals surface area contributed by atoms with Crippen LogP contribution in [0, 0.1) is 17.2 Å². The smallest absolute Gasteiger partial charge is 0.170 e. The van der Waals surface area contributed by atoms with E-state index in [1.54, 1.807) is 6.20 Å². The maximum absolute atomic E-state index is 14.2. The number of hydrogen-bond acceptors (Lipinski definition) is 2. The number of rotatable bonds is 5. The maximum Gasteiger partial charge on any atom is 0.170 e. The number of halogens is 1. The Bertz CT molecular complexity index is 683. The summed E-state index contributed by atoms with van der Waals surface area (Å²) in [4.78, 5) is 16.0. The second-order valence-electron chi connectivity index (χ2n) is 6.87. The molecule has 0 unspecified atom stereocenters. The lowest BCUT2D eigenvalue weighted by Crippen LogP contribution is -2.34. The largest absolute Gasteiger partial charge is 0.359 e. The molecular formula is C18H23FN2O. The average molecular weight is 302 g/mol. The maximum atomic E-state index is 14.2. The normalized spacial score (nSPS) is 21.8. The minimum absolute atomic E-state index is 0.0835. The lowest BCUT2D eigenvalue weighted by molar-refractivity contribution is 0.0794. The number of Topliss-reactive ketones (excluding diaryl/α,β-unsaturated/α-hetero) is 1. The highest BCUT2D eigenvalue weighted by Gasteiger charge is 2.41. The molecule has 3 rings (SSSR count). The van der Waals surface area contributed by atoms with Gasteiger partial charge in [-0.15, -0.1) is 0 Å². The van der Waals surface area contributed by atoms with Crippen LogP contribution in [-0.2, 0) is 0 Å². The summed E-state index contributed by atoms with van der Waals surface area (Å²) in [5, 5.41) is 4.07. The number of ketones is 1. The first-order chi connectivity index (χ1) is 10.5. The minimum Gasteiger partial charge on any atom is -0.359 e. The van der Waals surface area contributed by atoms with E-state index in [9.17, 15) is 9.18 Å². The standard InChI is InChI=1S/C18H23FN2O/c1-12(2)3-5-18(6-8-20-11-18)17(22)14-9-13-4-7-21-16(13)15(19)10-14/h4,7,9-10,12,20-21H,3,5-6,8,11H2,1-2H3/t18-/m0/s1. The third-order valence-electron chi connectivity index (χ3n) is 4.80. The molecule has 0 saturated carbocycles. The first-order valence-corrected chi connectivity index (χ1v) is 8.04. The molecule has 1 aliphatic heterocycles. The Balaban J connectivity index is 1.94. The summed E-state index contributed by atoms with van der Waals surface area (Å²) in [5.74, 6) is 0.296. The van der Waals surface area contributed by atoms with Crippen LogP contribution in [0.4, 0.5) is 4.39 Å². The molecule has 0 spiro atoms. The fourth-order valence-corrected chi connectivity index (χ4v) is 3.39. The van der Waals surface area contributed by atoms with Gasteiger partial charge in [-0.1, -0.05) is 13.8 Å². The van der Waals surface area contributed by atoms with Crippen molar-refractivity contribution in [2.24, 2.45) is 11.3 Å². The SMILES string of the molecule is CC(C)CC[C@]1(C(=O)c2cc(F)c3[nH]ccc3c2)CCNC1. The molecule has 0 amide bonds. The highest BCUT2D eigenvalue weighted by molar-refractivity contribution is 6.03. The minimum atomic E-state index is -0.374. The second-order valence-corrected chi connectivity index (χ2v) is 6.87. The summed E-state index contributed by atoms with van der Waals surface area (Å²) < 4.78 is 14.2. The average Bonchev–Trinajstić information content (AvgIpc) is 3.14. The summed E-state index contributed by atoms with van der Waals surface area (Å²) in [6, 6.07) is 5.01. The van der Waals surface area contributed by atoms with Crippen molar-refractivity contribution in [1.29, 1.82) is 0 Å². The number of hydrogen-bond donors (Lipinski definition) is 2. The van der Waals surface area contributed by atoms with Crippen molar-refractivity contribution in [3.05, 3.63) is 35.8 Å². The van der Waals surface area contributed by atoms with E-state index in [0.29, 0.717) is 23.5 Å². The molecule has 2 N–H and O–H groups in total. The van der Waals surface area contributed by atoms with Crippen LogP contribution in [-0.4, -0.2) is 23.9 Å². The molecule has 1 atom stereocenters. The molecule has 1 aliphatic rings. The summed E-state index contributed by atoms with van der Waals surface area (Å²) >= 11 is 0. The van der Waals surface area contributed by atoms with Gasteiger partial charge in [0.05, 0.1) is 5.52 Å². The first-order valence-electron chi connectivity index (χ1n) is 8.04. The van der Waals surface area contributed by atoms with Gasteiger partial charge in [0.25, 0.3) is 0 Å². The Morgan fingerprint density at radius 3 is 2.91 bits per heavy atom. The quantitative estimate of drug-likeness (QED) is 0.823. The van der Waals surface area contributed by atoms with Crippen LogP contribution in [0.5, 0.6) is 0 Å². The number of carbonyl (C=O) groups is 1. The third kappa shape index (κ3) is 2.68. The number of carbonyl (C=O) groups excluding carboxylic acids is 1. The van der Waals surface area contributed by atoms with E-state index in [1.807, 2.05) is 12.1 Å². The highest BCUT2D eigenvalue weighted by Crippen LogP contribution is 2.37. The number of H-pyrrole nitrogens is 1. The van der Waals surface area contributed by atoms with E-state index < -0.39 is 0 Å². The van der Waals surface area contributed by atoms with Crippen LogP contribution >= 0.6 is 0 Å². The zero-order chi connectivity index (χ0) is 15.7. The Kier molecular flexibility index (Phi) is 4.04. The predicted octanol–water partition coefficient (Wildman–Crippen LogP) is 3.91. The van der Waals surface area contributed by atoms with Crippen molar-refractivity contribution < 1.29 is 9.18 Å². The Hall–Kier alpha value is -1.68. The van der Waals surface area contributed by atoms with Gasteiger partial charge in [0.15, 0.2) is 5.78 Å². The number of aromatic nitrogens is 1. The molecule has 22 heavy (non-hydrogen) atoms. The van der Waals surface area contributed by atoms with E-state index in [1.165, 1.54) is 6.07 Å². The third-order valence-corrected chi connectivity index (χ3v) is 4.80. The van der Waals surface area contributed by atoms with E-state index in [2.05, 4.69) is 24.1 Å². The van der Waals surface area contributed by atoms with Gasteiger partial charge in [-0.25, -0.2) is 4.39 Å². The number of benzene rings is 1. The summed E-state index contributed by atoms with van der Waals surface area (Å²) in [6.07, 6.45) is 4.42. The van der Waals surface area contributed by atoms with Crippen molar-refractivity contribution in [2.45, 2.75) is 33.1 Å². The highest BCUT2D eigenvalue weighted by atomic mass is 19.1. The molecule has 0 aliphatic carbocycles. The molecule has 2 heterocycles. The molecule has 1 fully saturated rings. The molecule has 118 valence electrons. The fourth-order valence-electron chi connectivity index (χ4n) is 3.39. The first kappa shape index (κ1) is 15.2. The van der Waals surface area contributed by atoms with E-state index in [-0.39, 0.29) is 17.0 Å². The molecule has 4 heteroatoms. The summed E-state index contributed by atoms with van der Waals surface area (Å²) in [5.41, 5.74) is 0.593. The predicted molar refractivity (Wildman–Crippen MR) is 86.6 cm³/mol. The lowest BCUT2D eigenvalue weighted by atomic mass is 9.74. The molecule has 3 nitrogen and oxygen atoms in total. The van der Waals surface area contributed by atoms with Crippen LogP contribution in [0.2, 0.25) is 0 Å². The number of aromatic amines is 1. The van der Waals surface area contributed by atoms with Crippen LogP contribution < -0.4 is 5.32 Å². The van der Waals surface area contributed by atoms with Crippen LogP contribution in [0.25, 0.3) is 10.9 Å². The monoisotopic (exact) mass is 302 g/mol. The van der Waals surface area contributed by atoms with Crippen LogP contribution in [0.15, 0.2) is 24.4 Å². The molecule has 1 aromatic heterocycles. The van der Waals surface area contributed by atoms with Gasteiger partial charge < -0.3 is 10.3 Å². The number of nitrogens with one attached hydrogen (secondary N) is 2. The molecule has 0 radical (unpaired) electrons. The van der Waals surface area contributed by atoms with Gasteiger partial charge >= 0.3 is 0 Å². The fraction of sp³-hybridized carbons (Fsp3) is 0.500. The van der Waals surface area contributed by atoms with Gasteiger partial charge in [0.2, 0.25) is 0 Å². The Morgan fingerprint density at radius 2 is 2.23 bits per heavy atom. The lowest BCUT2D eigenvalue weighted by Gasteiger charge is -2.27. The van der Waals surface area contributed by atoms with Gasteiger partial charge in [-0.05, 0) is 49.9 Å². The van der Waals surface area contributed by atoms with Crippen molar-refractivity contribution >= 4 is 16.7 Å².